The van der Waals surface area contributed by atoms with E-state index in [0.29, 0.717) is 65.7 Å². The fourth-order valence-electron chi connectivity index (χ4n) is 4.35. The second-order valence-electron chi connectivity index (χ2n) is 9.08. The molecule has 6 N–H and O–H groups in total. The Morgan fingerprint density at radius 3 is 2.48 bits per heavy atom. The molecule has 0 spiro atoms. The number of pyridine rings is 1. The molecule has 0 saturated heterocycles. The summed E-state index contributed by atoms with van der Waals surface area (Å²) in [4.78, 5) is 22.0. The molecule has 218 valence electrons. The summed E-state index contributed by atoms with van der Waals surface area (Å²) < 4.78 is 51.8. The number of carbonyl (C=O) groups is 1. The second-order valence-corrected chi connectivity index (χ2v) is 9.08. The average molecular weight is 582 g/mol. The predicted molar refractivity (Wildman–Crippen MR) is 150 cm³/mol. The number of carbonyl (C=O) groups excluding carboxylic acids is 1. The van der Waals surface area contributed by atoms with E-state index in [4.69, 9.17) is 25.8 Å². The van der Waals surface area contributed by atoms with E-state index >= 15 is 0 Å². The molecule has 42 heavy (non-hydrogen) atoms. The number of imidazole rings is 1. The zero-order valence-electron chi connectivity index (χ0n) is 22.3. The quantitative estimate of drug-likeness (QED) is 0.172. The molecule has 3 aromatic heterocycles. The topological polar surface area (TPSA) is 172 Å². The van der Waals surface area contributed by atoms with E-state index in [2.05, 4.69) is 25.9 Å². The van der Waals surface area contributed by atoms with Crippen LogP contribution in [0.4, 0.5) is 35.2 Å². The van der Waals surface area contributed by atoms with Crippen LogP contribution in [0.3, 0.4) is 0 Å². The summed E-state index contributed by atoms with van der Waals surface area (Å²) in [6.45, 7) is 3.22. The third-order valence-electron chi connectivity index (χ3n) is 6.23. The summed E-state index contributed by atoms with van der Waals surface area (Å²) in [5.74, 6) is 0.949. The maximum absolute atomic E-state index is 13.0. The Hall–Kier alpha value is -5.18. The Morgan fingerprint density at radius 2 is 1.81 bits per heavy atom. The predicted octanol–water partition coefficient (Wildman–Crippen LogP) is 5.14. The van der Waals surface area contributed by atoms with Gasteiger partial charge in [-0.15, -0.1) is 0 Å². The molecule has 3 heterocycles. The molecule has 15 heteroatoms. The molecule has 2 amide bonds. The zero-order valence-corrected chi connectivity index (χ0v) is 22.3. The highest BCUT2D eigenvalue weighted by Gasteiger charge is 2.30. The Kier molecular flexibility index (Phi) is 7.93. The van der Waals surface area contributed by atoms with Gasteiger partial charge in [-0.1, -0.05) is 18.2 Å². The van der Waals surface area contributed by atoms with Crippen LogP contribution in [-0.4, -0.2) is 44.0 Å². The molecule has 5 aromatic rings. The number of hydrogen-bond acceptors (Lipinski definition) is 9. The lowest BCUT2D eigenvalue weighted by molar-refractivity contribution is -0.137. The van der Waals surface area contributed by atoms with E-state index in [1.165, 1.54) is 12.1 Å². The minimum absolute atomic E-state index is 0.00803. The molecule has 0 aliphatic heterocycles. The smallest absolute Gasteiger partial charge is 0.416 e. The number of nitrogens with zero attached hydrogens (tertiary/aromatic N) is 5. The molecule has 0 fully saturated rings. The minimum Gasteiger partial charge on any atom is -0.490 e. The number of ether oxygens (including phenoxy) is 1. The van der Waals surface area contributed by atoms with Gasteiger partial charge in [0.2, 0.25) is 0 Å². The van der Waals surface area contributed by atoms with Gasteiger partial charge < -0.3 is 31.4 Å². The molecule has 0 radical (unpaired) electrons. The number of hydrogen-bond donors (Lipinski definition) is 4. The van der Waals surface area contributed by atoms with Crippen molar-refractivity contribution in [2.75, 3.05) is 29.5 Å². The Labute approximate surface area is 236 Å². The van der Waals surface area contributed by atoms with Gasteiger partial charge in [0.25, 0.3) is 0 Å². The summed E-state index contributed by atoms with van der Waals surface area (Å²) in [6, 6.07) is 10.4. The lowest BCUT2D eigenvalue weighted by Crippen LogP contribution is -2.19. The van der Waals surface area contributed by atoms with Crippen LogP contribution >= 0.6 is 0 Å². The van der Waals surface area contributed by atoms with Crippen molar-refractivity contribution in [3.8, 4) is 28.5 Å². The van der Waals surface area contributed by atoms with Gasteiger partial charge >= 0.3 is 12.2 Å². The van der Waals surface area contributed by atoms with Crippen LogP contribution in [0.15, 0.2) is 59.4 Å². The first-order valence-electron chi connectivity index (χ1n) is 12.9. The molecule has 0 atom stereocenters. The largest absolute Gasteiger partial charge is 0.490 e. The standard InChI is InChI=1S/C27H26F3N9O3/c1-2-39-23-19(41-11-5-10-31)14-33-20(21(23)36-25(39)22-24(32)38-42-37-22)15-6-3-8-17(12-15)34-26(40)35-18-9-4-7-16(13-18)27(28,29)30/h3-4,6-9,12-14H,2,5,10-11,31H2,1H3,(H2,32,38)(H2,34,35,40). The van der Waals surface area contributed by atoms with E-state index in [9.17, 15) is 18.0 Å². The second kappa shape index (κ2) is 11.7. The maximum Gasteiger partial charge on any atom is 0.416 e. The number of anilines is 3. The Bertz CT molecular complexity index is 1730. The van der Waals surface area contributed by atoms with Crippen molar-refractivity contribution in [3.63, 3.8) is 0 Å². The summed E-state index contributed by atoms with van der Waals surface area (Å²) >= 11 is 0. The first-order valence-corrected chi connectivity index (χ1v) is 12.9. The fourth-order valence-corrected chi connectivity index (χ4v) is 4.35. The molecule has 2 aromatic carbocycles. The van der Waals surface area contributed by atoms with Gasteiger partial charge in [-0.3, -0.25) is 0 Å². The lowest BCUT2D eigenvalue weighted by Gasteiger charge is -2.13. The number of nitrogen functional groups attached to an aromatic ring is 1. The lowest BCUT2D eigenvalue weighted by atomic mass is 10.1. The number of benzene rings is 2. The Morgan fingerprint density at radius 1 is 1.07 bits per heavy atom. The van der Waals surface area contributed by atoms with E-state index in [0.717, 1.165) is 12.1 Å². The van der Waals surface area contributed by atoms with Crippen LogP contribution < -0.4 is 26.8 Å². The van der Waals surface area contributed by atoms with E-state index in [1.54, 1.807) is 30.5 Å². The molecule has 0 bridgehead atoms. The highest BCUT2D eigenvalue weighted by Crippen LogP contribution is 2.37. The third kappa shape index (κ3) is 5.81. The highest BCUT2D eigenvalue weighted by atomic mass is 19.4. The van der Waals surface area contributed by atoms with Crippen molar-refractivity contribution >= 4 is 34.3 Å². The van der Waals surface area contributed by atoms with Crippen LogP contribution in [-0.2, 0) is 12.7 Å². The maximum atomic E-state index is 13.0. The van der Waals surface area contributed by atoms with Crippen LogP contribution in [0.5, 0.6) is 5.75 Å². The van der Waals surface area contributed by atoms with Gasteiger partial charge in [0.05, 0.1) is 24.1 Å². The number of urea groups is 1. The van der Waals surface area contributed by atoms with Crippen molar-refractivity contribution in [3.05, 3.63) is 60.3 Å². The van der Waals surface area contributed by atoms with Crippen LogP contribution in [0.2, 0.25) is 0 Å². The van der Waals surface area contributed by atoms with Crippen molar-refractivity contribution in [1.82, 2.24) is 24.8 Å². The number of rotatable bonds is 9. The first-order chi connectivity index (χ1) is 20.2. The summed E-state index contributed by atoms with van der Waals surface area (Å²) in [6.07, 6.45) is -2.32. The number of nitrogens with one attached hydrogen (secondary N) is 2. The third-order valence-corrected chi connectivity index (χ3v) is 6.23. The van der Waals surface area contributed by atoms with Crippen LogP contribution in [0, 0.1) is 0 Å². The van der Waals surface area contributed by atoms with Gasteiger partial charge in [-0.05, 0) is 60.5 Å². The molecule has 12 nitrogen and oxygen atoms in total. The number of amides is 2. The number of fused-ring (bicyclic) bond motifs is 1. The highest BCUT2D eigenvalue weighted by molar-refractivity contribution is 6.01. The van der Waals surface area contributed by atoms with E-state index < -0.39 is 17.8 Å². The molecule has 0 unspecified atom stereocenters. The number of nitrogens with two attached hydrogens (primary N) is 2. The number of alkyl halides is 3. The first kappa shape index (κ1) is 28.4. The monoisotopic (exact) mass is 581 g/mol. The van der Waals surface area contributed by atoms with Crippen molar-refractivity contribution < 1.29 is 27.3 Å². The number of aromatic nitrogens is 5. The SMILES string of the molecule is CCn1c(-c2nonc2N)nc2c(-c3cccc(NC(=O)Nc4cccc(C(F)(F)F)c4)c3)ncc(OCCCN)c21. The fraction of sp³-hybridized carbons (Fsp3) is 0.222. The van der Waals surface area contributed by atoms with Crippen LogP contribution in [0.1, 0.15) is 18.9 Å². The van der Waals surface area contributed by atoms with Gasteiger partial charge in [0.15, 0.2) is 23.1 Å². The van der Waals surface area contributed by atoms with E-state index in [1.807, 2.05) is 11.5 Å². The van der Waals surface area contributed by atoms with Crippen molar-refractivity contribution in [1.29, 1.82) is 0 Å². The molecule has 5 rings (SSSR count). The van der Waals surface area contributed by atoms with Gasteiger partial charge in [-0.25, -0.2) is 19.4 Å². The summed E-state index contributed by atoms with van der Waals surface area (Å²) in [5, 5.41) is 12.6. The zero-order chi connectivity index (χ0) is 29.9. The summed E-state index contributed by atoms with van der Waals surface area (Å²) in [5.41, 5.74) is 13.5. The molecule has 0 saturated carbocycles. The number of halogens is 3. The van der Waals surface area contributed by atoms with Gasteiger partial charge in [0, 0.05) is 23.5 Å². The van der Waals surface area contributed by atoms with Crippen molar-refractivity contribution in [2.45, 2.75) is 26.1 Å². The van der Waals surface area contributed by atoms with Crippen molar-refractivity contribution in [2.24, 2.45) is 5.73 Å². The summed E-state index contributed by atoms with van der Waals surface area (Å²) in [7, 11) is 0. The molecular weight excluding hydrogens is 555 g/mol. The molecule has 0 aliphatic rings. The van der Waals surface area contributed by atoms with Gasteiger partial charge in [-0.2, -0.15) is 13.2 Å². The molecular formula is C27H26F3N9O3. The van der Waals surface area contributed by atoms with E-state index in [-0.39, 0.29) is 17.2 Å². The normalized spacial score (nSPS) is 11.5. The number of aryl methyl sites for hydroxylation is 1. The Balaban J connectivity index is 1.49. The molecule has 0 aliphatic carbocycles. The van der Waals surface area contributed by atoms with Gasteiger partial charge in [0.1, 0.15) is 11.0 Å². The average Bonchev–Trinajstić information content (AvgIpc) is 3.56. The minimum atomic E-state index is -4.54. The van der Waals surface area contributed by atoms with Crippen LogP contribution in [0.25, 0.3) is 33.8 Å².